The minimum atomic E-state index is -0.0948. The van der Waals surface area contributed by atoms with Crippen LogP contribution < -0.4 is 0 Å². The highest BCUT2D eigenvalue weighted by atomic mass is 79.9. The summed E-state index contributed by atoms with van der Waals surface area (Å²) in [5, 5.41) is 0.445. The Bertz CT molecular complexity index is 289. The molecule has 1 aromatic rings. The van der Waals surface area contributed by atoms with E-state index in [-0.39, 0.29) is 5.91 Å². The minimum Gasteiger partial charge on any atom is -0.344 e. The van der Waals surface area contributed by atoms with Crippen LogP contribution in [0.4, 0.5) is 0 Å². The van der Waals surface area contributed by atoms with Crippen molar-refractivity contribution < 1.29 is 4.79 Å². The summed E-state index contributed by atoms with van der Waals surface area (Å²) in [5.74, 6) is -0.0948. The number of hydrogen-bond donors (Lipinski definition) is 1. The summed E-state index contributed by atoms with van der Waals surface area (Å²) in [7, 11) is 3.37. The summed E-state index contributed by atoms with van der Waals surface area (Å²) in [4.78, 5) is 15.6. The van der Waals surface area contributed by atoms with Crippen LogP contribution in [0.15, 0.2) is 10.5 Å². The average Bonchev–Trinajstić information content (AvgIpc) is 2.30. The number of amides is 1. The summed E-state index contributed by atoms with van der Waals surface area (Å²) in [6.45, 7) is 0. The van der Waals surface area contributed by atoms with E-state index in [2.05, 4.69) is 20.9 Å². The molecular weight excluding hydrogens is 243 g/mol. The average molecular weight is 252 g/mol. The van der Waals surface area contributed by atoms with Gasteiger partial charge in [0.15, 0.2) is 0 Å². The molecule has 12 heavy (non-hydrogen) atoms. The van der Waals surface area contributed by atoms with Gasteiger partial charge in [-0.05, 0) is 22.0 Å². The van der Waals surface area contributed by atoms with E-state index in [1.165, 1.54) is 4.90 Å². The van der Waals surface area contributed by atoms with Gasteiger partial charge >= 0.3 is 0 Å². The van der Waals surface area contributed by atoms with Gasteiger partial charge in [0, 0.05) is 14.1 Å². The van der Waals surface area contributed by atoms with Gasteiger partial charge in [0.05, 0.1) is 4.47 Å². The molecule has 0 spiro atoms. The van der Waals surface area contributed by atoms with Gasteiger partial charge in [0.1, 0.15) is 10.8 Å². The Labute approximate surface area is 83.8 Å². The molecule has 0 aliphatic rings. The van der Waals surface area contributed by atoms with Gasteiger partial charge < -0.3 is 9.88 Å². The van der Waals surface area contributed by atoms with Crippen LogP contribution in [0.3, 0.4) is 0 Å². The Balaban J connectivity index is 2.97. The van der Waals surface area contributed by atoms with Gasteiger partial charge in [-0.25, -0.2) is 0 Å². The number of nitrogens with one attached hydrogen (secondary N) is 1. The zero-order chi connectivity index (χ0) is 9.30. The number of carbonyl (C=O) groups excluding carboxylic acids is 1. The van der Waals surface area contributed by atoms with Crippen LogP contribution in [0, 0.1) is 0 Å². The fourth-order valence-electron chi connectivity index (χ4n) is 0.760. The highest BCUT2D eigenvalue weighted by Gasteiger charge is 2.12. The fourth-order valence-corrected chi connectivity index (χ4v) is 1.24. The van der Waals surface area contributed by atoms with Crippen LogP contribution in [0.2, 0.25) is 5.15 Å². The molecule has 0 fully saturated rings. The maximum absolute atomic E-state index is 11.3. The van der Waals surface area contributed by atoms with Crippen molar-refractivity contribution in [3.05, 3.63) is 21.4 Å². The molecule has 1 heterocycles. The molecule has 0 atom stereocenters. The van der Waals surface area contributed by atoms with E-state index in [9.17, 15) is 4.79 Å². The van der Waals surface area contributed by atoms with Crippen LogP contribution in [0.25, 0.3) is 0 Å². The zero-order valence-electron chi connectivity index (χ0n) is 6.69. The molecular formula is C7H8BrClN2O. The quantitative estimate of drug-likeness (QED) is 0.815. The Morgan fingerprint density at radius 2 is 2.25 bits per heavy atom. The molecule has 0 saturated carbocycles. The van der Waals surface area contributed by atoms with Gasteiger partial charge in [-0.3, -0.25) is 4.79 Å². The number of nitrogens with zero attached hydrogens (tertiary/aromatic N) is 1. The highest BCUT2D eigenvalue weighted by Crippen LogP contribution is 2.22. The Morgan fingerprint density at radius 3 is 2.58 bits per heavy atom. The maximum atomic E-state index is 11.3. The zero-order valence-corrected chi connectivity index (χ0v) is 9.03. The topological polar surface area (TPSA) is 36.1 Å². The van der Waals surface area contributed by atoms with Gasteiger partial charge in [0.2, 0.25) is 0 Å². The standard InChI is InChI=1S/C7H8BrClN2O/c1-11(2)7(12)5-3-4(8)6(9)10-5/h3,10H,1-2H3. The lowest BCUT2D eigenvalue weighted by Gasteiger charge is -2.07. The number of rotatable bonds is 1. The third kappa shape index (κ3) is 1.81. The lowest BCUT2D eigenvalue weighted by molar-refractivity contribution is 0.0822. The van der Waals surface area contributed by atoms with Crippen molar-refractivity contribution in [3.8, 4) is 0 Å². The summed E-state index contributed by atoms with van der Waals surface area (Å²) >= 11 is 8.90. The van der Waals surface area contributed by atoms with Gasteiger partial charge in [-0.1, -0.05) is 11.6 Å². The van der Waals surface area contributed by atoms with Crippen molar-refractivity contribution in [3.63, 3.8) is 0 Å². The van der Waals surface area contributed by atoms with Gasteiger partial charge in [0.25, 0.3) is 5.91 Å². The van der Waals surface area contributed by atoms with Crippen LogP contribution in [0.1, 0.15) is 10.5 Å². The number of carbonyl (C=O) groups is 1. The Hall–Kier alpha value is -0.480. The molecule has 3 nitrogen and oxygen atoms in total. The molecule has 1 N–H and O–H groups in total. The van der Waals surface area contributed by atoms with Crippen molar-refractivity contribution >= 4 is 33.4 Å². The van der Waals surface area contributed by atoms with Gasteiger partial charge in [-0.2, -0.15) is 0 Å². The first-order valence-corrected chi connectivity index (χ1v) is 4.45. The molecule has 5 heteroatoms. The fraction of sp³-hybridized carbons (Fsp3) is 0.286. The van der Waals surface area contributed by atoms with Crippen molar-refractivity contribution in [1.82, 2.24) is 9.88 Å². The lowest BCUT2D eigenvalue weighted by atomic mass is 10.4. The van der Waals surface area contributed by atoms with E-state index in [0.717, 1.165) is 0 Å². The molecule has 0 bridgehead atoms. The third-order valence-electron chi connectivity index (χ3n) is 1.36. The molecule has 0 aromatic carbocycles. The molecule has 66 valence electrons. The second-order valence-electron chi connectivity index (χ2n) is 2.54. The van der Waals surface area contributed by atoms with Gasteiger partial charge in [-0.15, -0.1) is 0 Å². The lowest BCUT2D eigenvalue weighted by Crippen LogP contribution is -2.21. The van der Waals surface area contributed by atoms with Crippen molar-refractivity contribution in [1.29, 1.82) is 0 Å². The first-order chi connectivity index (χ1) is 5.52. The molecule has 1 rings (SSSR count). The molecule has 0 saturated heterocycles. The van der Waals surface area contributed by atoms with E-state index in [1.54, 1.807) is 20.2 Å². The minimum absolute atomic E-state index is 0.0948. The Morgan fingerprint density at radius 1 is 1.67 bits per heavy atom. The van der Waals surface area contributed by atoms with Crippen LogP contribution in [0.5, 0.6) is 0 Å². The van der Waals surface area contributed by atoms with E-state index >= 15 is 0 Å². The predicted octanol–water partition coefficient (Wildman–Crippen LogP) is 2.13. The van der Waals surface area contributed by atoms with E-state index in [4.69, 9.17) is 11.6 Å². The number of halogens is 2. The van der Waals surface area contributed by atoms with Crippen LogP contribution in [-0.4, -0.2) is 29.9 Å². The second kappa shape index (κ2) is 3.49. The number of hydrogen-bond acceptors (Lipinski definition) is 1. The smallest absolute Gasteiger partial charge is 0.269 e. The first-order valence-electron chi connectivity index (χ1n) is 3.28. The summed E-state index contributed by atoms with van der Waals surface area (Å²) in [5.41, 5.74) is 0.483. The summed E-state index contributed by atoms with van der Waals surface area (Å²) in [6.07, 6.45) is 0. The largest absolute Gasteiger partial charge is 0.344 e. The molecule has 0 aliphatic carbocycles. The normalized spacial score (nSPS) is 10.0. The maximum Gasteiger partial charge on any atom is 0.269 e. The predicted molar refractivity (Wildman–Crippen MR) is 51.5 cm³/mol. The summed E-state index contributed by atoms with van der Waals surface area (Å²) < 4.78 is 0.703. The molecule has 1 amide bonds. The summed E-state index contributed by atoms with van der Waals surface area (Å²) in [6, 6.07) is 1.66. The molecule has 0 unspecified atom stereocenters. The van der Waals surface area contributed by atoms with E-state index in [0.29, 0.717) is 15.3 Å². The first kappa shape index (κ1) is 9.61. The monoisotopic (exact) mass is 250 g/mol. The third-order valence-corrected chi connectivity index (χ3v) is 2.51. The SMILES string of the molecule is CN(C)C(=O)c1cc(Br)c(Cl)[nH]1. The van der Waals surface area contributed by atoms with Crippen molar-refractivity contribution in [2.24, 2.45) is 0 Å². The number of aromatic amines is 1. The number of aromatic nitrogens is 1. The molecule has 0 aliphatic heterocycles. The Kier molecular flexibility index (Phi) is 2.80. The highest BCUT2D eigenvalue weighted by molar-refractivity contribution is 9.10. The van der Waals surface area contributed by atoms with Crippen LogP contribution >= 0.6 is 27.5 Å². The molecule has 0 radical (unpaired) electrons. The van der Waals surface area contributed by atoms with Crippen LogP contribution in [-0.2, 0) is 0 Å². The van der Waals surface area contributed by atoms with E-state index < -0.39 is 0 Å². The van der Waals surface area contributed by atoms with E-state index in [1.807, 2.05) is 0 Å². The second-order valence-corrected chi connectivity index (χ2v) is 3.78. The van der Waals surface area contributed by atoms with Crippen molar-refractivity contribution in [2.45, 2.75) is 0 Å². The van der Waals surface area contributed by atoms with Crippen molar-refractivity contribution in [2.75, 3.05) is 14.1 Å². The molecule has 1 aromatic heterocycles. The number of H-pyrrole nitrogens is 1.